The fraction of sp³-hybridized carbons (Fsp3) is 0.312. The number of carbonyl (C=O) groups excluding carboxylic acids is 4. The van der Waals surface area contributed by atoms with E-state index in [2.05, 4.69) is 10.6 Å². The third-order valence-corrected chi connectivity index (χ3v) is 6.88. The van der Waals surface area contributed by atoms with Crippen molar-refractivity contribution in [3.63, 3.8) is 0 Å². The Balaban J connectivity index is 1.35. The van der Waals surface area contributed by atoms with Gasteiger partial charge in [0.1, 0.15) is 13.2 Å². The van der Waals surface area contributed by atoms with Crippen molar-refractivity contribution >= 4 is 23.6 Å². The molecule has 8 heteroatoms. The van der Waals surface area contributed by atoms with Crippen LogP contribution in [0.1, 0.15) is 40.7 Å². The number of rotatable bonds is 12. The minimum atomic E-state index is -0.771. The molecule has 40 heavy (non-hydrogen) atoms. The number of carbonyl (C=O) groups is 4. The van der Waals surface area contributed by atoms with Gasteiger partial charge in [-0.3, -0.25) is 24.5 Å². The monoisotopic (exact) mass is 541 g/mol. The number of benzene rings is 3. The number of hydrogen-bond donors (Lipinski definition) is 2. The van der Waals surface area contributed by atoms with Crippen molar-refractivity contribution < 1.29 is 23.9 Å². The Kier molecular flexibility index (Phi) is 10.6. The van der Waals surface area contributed by atoms with E-state index >= 15 is 0 Å². The number of nitrogens with zero attached hydrogens (tertiary/aromatic N) is 1. The van der Waals surface area contributed by atoms with E-state index in [9.17, 15) is 19.2 Å². The van der Waals surface area contributed by atoms with Crippen LogP contribution in [-0.4, -0.2) is 60.2 Å². The van der Waals surface area contributed by atoms with Crippen molar-refractivity contribution in [3.8, 4) is 0 Å². The maximum absolute atomic E-state index is 13.4. The Morgan fingerprint density at radius 2 is 1.48 bits per heavy atom. The van der Waals surface area contributed by atoms with Gasteiger partial charge in [-0.25, -0.2) is 0 Å². The van der Waals surface area contributed by atoms with Crippen LogP contribution in [0.5, 0.6) is 0 Å². The van der Waals surface area contributed by atoms with E-state index in [1.54, 1.807) is 24.3 Å². The zero-order chi connectivity index (χ0) is 28.2. The lowest BCUT2D eigenvalue weighted by Crippen LogP contribution is -2.51. The van der Waals surface area contributed by atoms with Gasteiger partial charge in [0, 0.05) is 12.1 Å². The summed E-state index contributed by atoms with van der Waals surface area (Å²) in [5.74, 6) is -1.25. The minimum absolute atomic E-state index is 0.0880. The van der Waals surface area contributed by atoms with Crippen molar-refractivity contribution in [2.24, 2.45) is 0 Å². The lowest BCUT2D eigenvalue weighted by molar-refractivity contribution is -0.150. The average molecular weight is 542 g/mol. The molecule has 8 nitrogen and oxygen atoms in total. The highest BCUT2D eigenvalue weighted by Gasteiger charge is 2.30. The van der Waals surface area contributed by atoms with Gasteiger partial charge in [-0.2, -0.15) is 0 Å². The molecule has 2 atom stereocenters. The third-order valence-electron chi connectivity index (χ3n) is 6.88. The summed E-state index contributed by atoms with van der Waals surface area (Å²) in [4.78, 5) is 53.4. The first-order valence-electron chi connectivity index (χ1n) is 13.6. The van der Waals surface area contributed by atoms with E-state index in [0.717, 1.165) is 24.0 Å². The first kappa shape index (κ1) is 28.7. The molecule has 0 spiro atoms. The second kappa shape index (κ2) is 14.7. The average Bonchev–Trinajstić information content (AvgIpc) is 3.16. The Morgan fingerprint density at radius 1 is 0.850 bits per heavy atom. The Morgan fingerprint density at radius 3 is 2.15 bits per heavy atom. The molecule has 0 aliphatic carbocycles. The quantitative estimate of drug-likeness (QED) is 0.341. The Hall–Kier alpha value is -4.30. The van der Waals surface area contributed by atoms with Gasteiger partial charge in [0.05, 0.1) is 18.6 Å². The highest BCUT2D eigenvalue weighted by atomic mass is 16.5. The molecule has 1 unspecified atom stereocenters. The lowest BCUT2D eigenvalue weighted by Gasteiger charge is -2.25. The molecule has 0 bridgehead atoms. The van der Waals surface area contributed by atoms with Crippen molar-refractivity contribution in [2.45, 2.75) is 44.4 Å². The number of hydrogen-bond acceptors (Lipinski definition) is 6. The predicted molar refractivity (Wildman–Crippen MR) is 151 cm³/mol. The minimum Gasteiger partial charge on any atom is -0.459 e. The molecule has 2 N–H and O–H groups in total. The highest BCUT2D eigenvalue weighted by molar-refractivity contribution is 5.98. The van der Waals surface area contributed by atoms with Crippen molar-refractivity contribution in [1.29, 1.82) is 0 Å². The summed E-state index contributed by atoms with van der Waals surface area (Å²) in [5, 5.41) is 5.98. The summed E-state index contributed by atoms with van der Waals surface area (Å²) >= 11 is 0. The summed E-state index contributed by atoms with van der Waals surface area (Å²) < 4.78 is 5.37. The van der Waals surface area contributed by atoms with E-state index in [1.807, 2.05) is 66.7 Å². The predicted octanol–water partition coefficient (Wildman–Crippen LogP) is 3.31. The van der Waals surface area contributed by atoms with Crippen LogP contribution in [0, 0.1) is 0 Å². The molecule has 0 aromatic heterocycles. The second-order valence-corrected chi connectivity index (χ2v) is 9.88. The largest absolute Gasteiger partial charge is 0.459 e. The molecule has 1 aliphatic heterocycles. The molecule has 3 aromatic carbocycles. The molecule has 1 aliphatic rings. The van der Waals surface area contributed by atoms with Crippen molar-refractivity contribution in [1.82, 2.24) is 15.5 Å². The molecular formula is C32H35N3O5. The summed E-state index contributed by atoms with van der Waals surface area (Å²) in [6, 6.07) is 26.2. The van der Waals surface area contributed by atoms with Crippen LogP contribution in [0.3, 0.4) is 0 Å². The second-order valence-electron chi connectivity index (χ2n) is 9.88. The van der Waals surface area contributed by atoms with Gasteiger partial charge in [0.15, 0.2) is 5.78 Å². The third kappa shape index (κ3) is 8.61. The molecule has 2 amide bonds. The van der Waals surface area contributed by atoms with Crippen molar-refractivity contribution in [2.75, 3.05) is 19.6 Å². The standard InChI is InChI=1S/C32H35N3O5/c36-29(28(20-24-12-4-1-5-13-24)34-31(38)26-16-8-3-9-17-26)21-33-27-18-10-11-19-35(32(27)39)22-30(37)40-23-25-14-6-2-7-15-25/h1-9,12-17,27-28,33H,10-11,18-23H2,(H,34,38)/t27-,28?/m0/s1. The Bertz CT molecular complexity index is 1270. The number of ketones is 1. The van der Waals surface area contributed by atoms with E-state index in [-0.39, 0.29) is 37.3 Å². The van der Waals surface area contributed by atoms with E-state index in [4.69, 9.17) is 4.74 Å². The fourth-order valence-electron chi connectivity index (χ4n) is 4.66. The molecule has 1 saturated heterocycles. The summed E-state index contributed by atoms with van der Waals surface area (Å²) in [5.41, 5.74) is 2.26. The van der Waals surface area contributed by atoms with Gasteiger partial charge in [0.2, 0.25) is 5.91 Å². The van der Waals surface area contributed by atoms with Crippen LogP contribution < -0.4 is 10.6 Å². The highest BCUT2D eigenvalue weighted by Crippen LogP contribution is 2.13. The van der Waals surface area contributed by atoms with Crippen LogP contribution in [0.4, 0.5) is 0 Å². The molecule has 3 aromatic rings. The number of likely N-dealkylation sites (tertiary alicyclic amines) is 1. The molecule has 208 valence electrons. The van der Waals surface area contributed by atoms with Gasteiger partial charge in [-0.15, -0.1) is 0 Å². The normalized spacial score (nSPS) is 16.1. The van der Waals surface area contributed by atoms with E-state index in [0.29, 0.717) is 24.9 Å². The molecule has 1 fully saturated rings. The number of ether oxygens (including phenoxy) is 1. The van der Waals surface area contributed by atoms with Gasteiger partial charge in [-0.05, 0) is 48.9 Å². The topological polar surface area (TPSA) is 105 Å². The fourth-order valence-corrected chi connectivity index (χ4v) is 4.66. The number of esters is 1. The van der Waals surface area contributed by atoms with Crippen molar-refractivity contribution in [3.05, 3.63) is 108 Å². The number of nitrogens with one attached hydrogen (secondary N) is 2. The SMILES string of the molecule is O=C(CN1CCCC[C@H](NCC(=O)C(Cc2ccccc2)NC(=O)c2ccccc2)C1=O)OCc1ccccc1. The van der Waals surface area contributed by atoms with Gasteiger partial charge in [-0.1, -0.05) is 78.9 Å². The van der Waals surface area contributed by atoms with Crippen LogP contribution in [0.25, 0.3) is 0 Å². The Labute approximate surface area is 234 Å². The van der Waals surface area contributed by atoms with Gasteiger partial charge < -0.3 is 15.0 Å². The van der Waals surface area contributed by atoms with Crippen LogP contribution in [0.15, 0.2) is 91.0 Å². The first-order valence-corrected chi connectivity index (χ1v) is 13.6. The summed E-state index contributed by atoms with van der Waals surface area (Å²) in [7, 11) is 0. The molecule has 4 rings (SSSR count). The molecule has 0 radical (unpaired) electrons. The maximum atomic E-state index is 13.4. The van der Waals surface area contributed by atoms with Gasteiger partial charge in [0.25, 0.3) is 5.91 Å². The summed E-state index contributed by atoms with van der Waals surface area (Å²) in [6.07, 6.45) is 2.43. The maximum Gasteiger partial charge on any atom is 0.325 e. The lowest BCUT2D eigenvalue weighted by atomic mass is 10.0. The van der Waals surface area contributed by atoms with Crippen LogP contribution >= 0.6 is 0 Å². The van der Waals surface area contributed by atoms with Crippen LogP contribution in [0.2, 0.25) is 0 Å². The number of Topliss-reactive ketones (excluding diaryl/α,β-unsaturated/α-hetero) is 1. The molecule has 1 heterocycles. The first-order chi connectivity index (χ1) is 19.5. The van der Waals surface area contributed by atoms with Gasteiger partial charge >= 0.3 is 5.97 Å². The van der Waals surface area contributed by atoms with E-state index < -0.39 is 18.1 Å². The zero-order valence-corrected chi connectivity index (χ0v) is 22.5. The van der Waals surface area contributed by atoms with E-state index in [1.165, 1.54) is 4.90 Å². The van der Waals surface area contributed by atoms with Crippen LogP contribution in [-0.2, 0) is 32.1 Å². The molecular weight excluding hydrogens is 506 g/mol. The molecule has 0 saturated carbocycles. The summed E-state index contributed by atoms with van der Waals surface area (Å²) in [6.45, 7) is 0.376. The smallest absolute Gasteiger partial charge is 0.325 e. The number of amides is 2. The zero-order valence-electron chi connectivity index (χ0n) is 22.5.